The van der Waals surface area contributed by atoms with Crippen molar-refractivity contribution in [2.24, 2.45) is 0 Å². The van der Waals surface area contributed by atoms with E-state index in [2.05, 4.69) is 5.10 Å². The second-order valence-electron chi connectivity index (χ2n) is 8.84. The number of amides is 1. The molecule has 3 rings (SSSR count). The Morgan fingerprint density at radius 1 is 1.13 bits per heavy atom. The summed E-state index contributed by atoms with van der Waals surface area (Å²) in [5, 5.41) is 4.79. The van der Waals surface area contributed by atoms with Gasteiger partial charge in [-0.15, -0.1) is 0 Å². The molecule has 30 heavy (non-hydrogen) atoms. The number of hydrogen-bond acceptors (Lipinski definition) is 5. The van der Waals surface area contributed by atoms with Gasteiger partial charge in [-0.3, -0.25) is 14.3 Å². The Labute approximate surface area is 180 Å². The molecule has 1 aliphatic rings. The number of Topliss-reactive ketones (excluding diaryl/α,β-unsaturated/α-hetero) is 1. The molecule has 0 atom stereocenters. The number of aromatic nitrogens is 2. The number of ketones is 1. The zero-order valence-electron chi connectivity index (χ0n) is 17.6. The van der Waals surface area contributed by atoms with Gasteiger partial charge in [-0.25, -0.2) is 4.79 Å². The summed E-state index contributed by atoms with van der Waals surface area (Å²) in [6.45, 7) is 7.43. The molecule has 0 saturated carbocycles. The molecule has 2 aromatic rings. The normalized spacial score (nSPS) is 17.6. The first kappa shape index (κ1) is 22.0. The highest BCUT2D eigenvalue weighted by atomic mass is 35.5. The van der Waals surface area contributed by atoms with Crippen LogP contribution in [0, 0.1) is 0 Å². The van der Waals surface area contributed by atoms with E-state index in [4.69, 9.17) is 16.3 Å². The monoisotopic (exact) mass is 431 g/mol. The Morgan fingerprint density at radius 3 is 2.40 bits per heavy atom. The highest BCUT2D eigenvalue weighted by molar-refractivity contribution is 6.31. The highest BCUT2D eigenvalue weighted by Gasteiger charge is 2.47. The molecule has 1 aromatic heterocycles. The Kier molecular flexibility index (Phi) is 6.04. The fourth-order valence-electron chi connectivity index (χ4n) is 4.31. The minimum absolute atomic E-state index is 0.122. The average Bonchev–Trinajstić information content (AvgIpc) is 3.07. The summed E-state index contributed by atoms with van der Waals surface area (Å²) in [6.07, 6.45) is 3.52. The van der Waals surface area contributed by atoms with E-state index in [1.54, 1.807) is 21.8 Å². The quantitative estimate of drug-likeness (QED) is 0.677. The number of likely N-dealkylation sites (tertiary alicyclic amines) is 1. The predicted octanol–water partition coefficient (Wildman–Crippen LogP) is 3.49. The second-order valence-corrected chi connectivity index (χ2v) is 9.25. The molecule has 1 aliphatic heterocycles. The van der Waals surface area contributed by atoms with Gasteiger partial charge in [0.05, 0.1) is 18.3 Å². The lowest BCUT2D eigenvalue weighted by Gasteiger charge is -2.51. The number of hydrogen-bond donors (Lipinski definition) is 0. The molecule has 0 radical (unpaired) electrons. The van der Waals surface area contributed by atoms with E-state index in [1.807, 2.05) is 45.9 Å². The molecule has 1 aromatic carbocycles. The summed E-state index contributed by atoms with van der Waals surface area (Å²) in [4.78, 5) is 39.0. The lowest BCUT2D eigenvalue weighted by molar-refractivity contribution is -0.156. The van der Waals surface area contributed by atoms with Gasteiger partial charge in [-0.05, 0) is 39.3 Å². The van der Waals surface area contributed by atoms with Crippen molar-refractivity contribution in [3.05, 3.63) is 52.8 Å². The number of halogens is 1. The van der Waals surface area contributed by atoms with Crippen molar-refractivity contribution in [2.75, 3.05) is 6.61 Å². The van der Waals surface area contributed by atoms with E-state index in [1.165, 1.54) is 6.20 Å². The molecular formula is C22H26ClN3O4. The van der Waals surface area contributed by atoms with E-state index in [0.717, 1.165) is 5.56 Å². The highest BCUT2D eigenvalue weighted by Crippen LogP contribution is 2.36. The van der Waals surface area contributed by atoms with Crippen LogP contribution in [0.25, 0.3) is 0 Å². The van der Waals surface area contributed by atoms with Gasteiger partial charge in [0, 0.05) is 35.1 Å². The SMILES string of the molecule is CC1(C)CC(=O)CC(C)(C)N1C(=O)COC(=O)c1cnn(Cc2ccccc2Cl)c1. The lowest BCUT2D eigenvalue weighted by Crippen LogP contribution is -2.63. The van der Waals surface area contributed by atoms with Crippen LogP contribution >= 0.6 is 11.6 Å². The summed E-state index contributed by atoms with van der Waals surface area (Å²) < 4.78 is 6.83. The van der Waals surface area contributed by atoms with Crippen molar-refractivity contribution in [1.82, 2.24) is 14.7 Å². The summed E-state index contributed by atoms with van der Waals surface area (Å²) in [6, 6.07) is 7.39. The first-order valence-electron chi connectivity index (χ1n) is 9.77. The third-order valence-electron chi connectivity index (χ3n) is 5.21. The number of nitrogens with zero attached hydrogens (tertiary/aromatic N) is 3. The molecule has 8 heteroatoms. The first-order valence-corrected chi connectivity index (χ1v) is 10.2. The molecule has 0 aliphatic carbocycles. The summed E-state index contributed by atoms with van der Waals surface area (Å²) >= 11 is 6.16. The van der Waals surface area contributed by atoms with Gasteiger partial charge in [0.25, 0.3) is 5.91 Å². The molecule has 0 N–H and O–H groups in total. The third-order valence-corrected chi connectivity index (χ3v) is 5.57. The molecule has 1 saturated heterocycles. The number of carbonyl (C=O) groups excluding carboxylic acids is 3. The van der Waals surface area contributed by atoms with Gasteiger partial charge in [0.1, 0.15) is 5.78 Å². The minimum atomic E-state index is -0.637. The predicted molar refractivity (Wildman–Crippen MR) is 112 cm³/mol. The molecule has 0 spiro atoms. The van der Waals surface area contributed by atoms with E-state index in [9.17, 15) is 14.4 Å². The molecule has 0 unspecified atom stereocenters. The first-order chi connectivity index (χ1) is 14.0. The van der Waals surface area contributed by atoms with Crippen molar-refractivity contribution < 1.29 is 19.1 Å². The van der Waals surface area contributed by atoms with Gasteiger partial charge in [-0.1, -0.05) is 29.8 Å². The lowest BCUT2D eigenvalue weighted by atomic mass is 9.79. The van der Waals surface area contributed by atoms with Gasteiger partial charge >= 0.3 is 5.97 Å². The topological polar surface area (TPSA) is 81.5 Å². The third kappa shape index (κ3) is 4.73. The summed E-state index contributed by atoms with van der Waals surface area (Å²) in [7, 11) is 0. The molecule has 2 heterocycles. The number of esters is 1. The summed E-state index contributed by atoms with van der Waals surface area (Å²) in [5.74, 6) is -0.830. The van der Waals surface area contributed by atoms with Crippen molar-refractivity contribution in [1.29, 1.82) is 0 Å². The molecule has 7 nitrogen and oxygen atoms in total. The Bertz CT molecular complexity index is 960. The van der Waals surface area contributed by atoms with Gasteiger partial charge in [0.2, 0.25) is 0 Å². The van der Waals surface area contributed by atoms with Crippen LogP contribution in [0.3, 0.4) is 0 Å². The maximum absolute atomic E-state index is 12.9. The number of rotatable bonds is 5. The van der Waals surface area contributed by atoms with Crippen molar-refractivity contribution in [3.8, 4) is 0 Å². The molecule has 1 fully saturated rings. The molecule has 0 bridgehead atoms. The van der Waals surface area contributed by atoms with Crippen LogP contribution in [0.1, 0.15) is 56.5 Å². The fraction of sp³-hybridized carbons (Fsp3) is 0.455. The van der Waals surface area contributed by atoms with Crippen LogP contribution in [0.5, 0.6) is 0 Å². The number of benzene rings is 1. The number of piperidine rings is 1. The molecular weight excluding hydrogens is 406 g/mol. The number of ether oxygens (including phenoxy) is 1. The number of carbonyl (C=O) groups is 3. The van der Waals surface area contributed by atoms with E-state index >= 15 is 0 Å². The van der Waals surface area contributed by atoms with E-state index in [0.29, 0.717) is 11.6 Å². The smallest absolute Gasteiger partial charge is 0.341 e. The zero-order chi connectivity index (χ0) is 22.1. The Hall–Kier alpha value is -2.67. The van der Waals surface area contributed by atoms with Crippen LogP contribution < -0.4 is 0 Å². The summed E-state index contributed by atoms with van der Waals surface area (Å²) in [5.41, 5.74) is -0.145. The largest absolute Gasteiger partial charge is 0.452 e. The maximum atomic E-state index is 12.9. The Morgan fingerprint density at radius 2 is 1.77 bits per heavy atom. The van der Waals surface area contributed by atoms with E-state index in [-0.39, 0.29) is 30.1 Å². The van der Waals surface area contributed by atoms with Gasteiger partial charge < -0.3 is 9.64 Å². The average molecular weight is 432 g/mol. The van der Waals surface area contributed by atoms with Crippen LogP contribution in [0.2, 0.25) is 5.02 Å². The zero-order valence-corrected chi connectivity index (χ0v) is 18.4. The fourth-order valence-corrected chi connectivity index (χ4v) is 4.51. The van der Waals surface area contributed by atoms with Gasteiger partial charge in [-0.2, -0.15) is 5.10 Å². The van der Waals surface area contributed by atoms with Crippen LogP contribution in [-0.4, -0.2) is 50.0 Å². The van der Waals surface area contributed by atoms with Crippen molar-refractivity contribution >= 4 is 29.3 Å². The second kappa shape index (κ2) is 8.22. The molecule has 1 amide bonds. The Balaban J connectivity index is 1.63. The van der Waals surface area contributed by atoms with Crippen LogP contribution in [-0.2, 0) is 20.9 Å². The van der Waals surface area contributed by atoms with Crippen molar-refractivity contribution in [2.45, 2.75) is 58.2 Å². The molecule has 160 valence electrons. The van der Waals surface area contributed by atoms with Crippen LogP contribution in [0.4, 0.5) is 0 Å². The van der Waals surface area contributed by atoms with Crippen LogP contribution in [0.15, 0.2) is 36.7 Å². The van der Waals surface area contributed by atoms with E-state index < -0.39 is 23.7 Å². The van der Waals surface area contributed by atoms with Gasteiger partial charge in [0.15, 0.2) is 6.61 Å². The maximum Gasteiger partial charge on any atom is 0.341 e. The standard InChI is InChI=1S/C22H26ClN3O4/c1-21(2)9-17(27)10-22(3,4)26(21)19(28)14-30-20(29)16-11-24-25(13-16)12-15-7-5-6-8-18(15)23/h5-8,11,13H,9-10,12,14H2,1-4H3. The van der Waals surface area contributed by atoms with Crippen molar-refractivity contribution in [3.63, 3.8) is 0 Å². The minimum Gasteiger partial charge on any atom is -0.452 e.